The number of benzene rings is 2. The summed E-state index contributed by atoms with van der Waals surface area (Å²) in [5, 5.41) is 2.14. The molecule has 0 radical (unpaired) electrons. The Balaban J connectivity index is 1.39. The minimum absolute atomic E-state index is 0.159. The number of aryl methyl sites for hydroxylation is 2. The van der Waals surface area contributed by atoms with Crippen molar-refractivity contribution in [2.24, 2.45) is 5.92 Å². The van der Waals surface area contributed by atoms with Gasteiger partial charge in [-0.2, -0.15) is 0 Å². The molecule has 1 aliphatic rings. The van der Waals surface area contributed by atoms with E-state index in [2.05, 4.69) is 88.4 Å². The summed E-state index contributed by atoms with van der Waals surface area (Å²) in [4.78, 5) is 9.62. The van der Waals surface area contributed by atoms with Gasteiger partial charge >= 0.3 is 0 Å². The molecule has 35 heavy (non-hydrogen) atoms. The molecule has 0 spiro atoms. The smallest absolute Gasteiger partial charge is 0.227 e. The number of hydrogen-bond donors (Lipinski definition) is 0. The van der Waals surface area contributed by atoms with Gasteiger partial charge in [-0.05, 0) is 91.6 Å². The van der Waals surface area contributed by atoms with Crippen LogP contribution in [0.1, 0.15) is 56.2 Å². The Hall–Kier alpha value is -3.46. The summed E-state index contributed by atoms with van der Waals surface area (Å²) in [5.74, 6) is 0.743. The maximum absolute atomic E-state index is 6.29. The van der Waals surface area contributed by atoms with E-state index in [4.69, 9.17) is 14.4 Å². The molecule has 1 saturated carbocycles. The zero-order chi connectivity index (χ0) is 24.2. The first-order valence-corrected chi connectivity index (χ1v) is 12.8. The van der Waals surface area contributed by atoms with Crippen LogP contribution >= 0.6 is 0 Å². The van der Waals surface area contributed by atoms with Gasteiger partial charge in [-0.3, -0.25) is 4.98 Å². The average molecular weight is 461 g/mol. The molecule has 3 nitrogen and oxygen atoms in total. The number of hydrogen-bond acceptors (Lipinski definition) is 3. The molecule has 1 fully saturated rings. The Morgan fingerprint density at radius 3 is 2.46 bits per heavy atom. The molecule has 0 N–H and O–H groups in total. The summed E-state index contributed by atoms with van der Waals surface area (Å²) in [5.41, 5.74) is 9.69. The molecule has 3 heterocycles. The second-order valence-electron chi connectivity index (χ2n) is 10.8. The predicted molar refractivity (Wildman–Crippen MR) is 145 cm³/mol. The fraction of sp³-hybridized carbons (Fsp3) is 0.312. The minimum Gasteiger partial charge on any atom is -0.438 e. The highest BCUT2D eigenvalue weighted by molar-refractivity contribution is 6.05. The molecule has 0 saturated heterocycles. The van der Waals surface area contributed by atoms with Crippen molar-refractivity contribution in [2.45, 2.75) is 58.8 Å². The molecular formula is C32H32N2O. The van der Waals surface area contributed by atoms with Crippen molar-refractivity contribution >= 4 is 22.1 Å². The van der Waals surface area contributed by atoms with E-state index in [0.717, 1.165) is 44.8 Å². The number of pyridine rings is 2. The van der Waals surface area contributed by atoms with Crippen LogP contribution in [0.5, 0.6) is 0 Å². The van der Waals surface area contributed by atoms with E-state index in [1.165, 1.54) is 42.4 Å². The zero-order valence-corrected chi connectivity index (χ0v) is 21.1. The van der Waals surface area contributed by atoms with Gasteiger partial charge < -0.3 is 4.42 Å². The third kappa shape index (κ3) is 3.83. The van der Waals surface area contributed by atoms with Crippen molar-refractivity contribution in [2.75, 3.05) is 0 Å². The third-order valence-electron chi connectivity index (χ3n) is 8.18. The lowest BCUT2D eigenvalue weighted by atomic mass is 9.72. The second-order valence-corrected chi connectivity index (χ2v) is 10.8. The SMILES string of the molecule is Cc1ccc(C)c(-c2ccc3c(n2)oc2cc(-c4cc(C(C)(C)C5CCCC5)ccn4)ccc23)c1. The number of fused-ring (bicyclic) bond motifs is 3. The van der Waals surface area contributed by atoms with E-state index >= 15 is 0 Å². The molecule has 0 unspecified atom stereocenters. The summed E-state index contributed by atoms with van der Waals surface area (Å²) < 4.78 is 6.29. The predicted octanol–water partition coefficient (Wildman–Crippen LogP) is 8.79. The van der Waals surface area contributed by atoms with Gasteiger partial charge in [0.25, 0.3) is 0 Å². The molecule has 3 aromatic heterocycles. The van der Waals surface area contributed by atoms with Gasteiger partial charge in [-0.1, -0.05) is 50.5 Å². The van der Waals surface area contributed by atoms with Gasteiger partial charge in [0.05, 0.1) is 11.4 Å². The first-order valence-electron chi connectivity index (χ1n) is 12.8. The summed E-state index contributed by atoms with van der Waals surface area (Å²) >= 11 is 0. The number of rotatable bonds is 4. The first kappa shape index (κ1) is 22.0. The molecule has 0 atom stereocenters. The standard InChI is InChI=1S/C32H32N2O/c1-20-9-10-21(2)27(17-20)28-14-13-26-25-12-11-22(18-30(25)35-31(26)34-28)29-19-24(15-16-33-29)32(3,4)23-7-5-6-8-23/h9-19,23H,5-8H2,1-4H3. The van der Waals surface area contributed by atoms with Crippen molar-refractivity contribution in [3.63, 3.8) is 0 Å². The molecule has 1 aliphatic carbocycles. The van der Waals surface area contributed by atoms with Crippen molar-refractivity contribution in [1.29, 1.82) is 0 Å². The van der Waals surface area contributed by atoms with E-state index in [-0.39, 0.29) is 5.41 Å². The van der Waals surface area contributed by atoms with Crippen molar-refractivity contribution in [3.05, 3.63) is 83.6 Å². The molecule has 0 amide bonds. The number of furan rings is 1. The fourth-order valence-corrected chi connectivity index (χ4v) is 5.85. The quantitative estimate of drug-likeness (QED) is 0.269. The number of aromatic nitrogens is 2. The largest absolute Gasteiger partial charge is 0.438 e. The number of nitrogens with zero attached hydrogens (tertiary/aromatic N) is 2. The molecule has 3 heteroatoms. The summed E-state index contributed by atoms with van der Waals surface area (Å²) in [7, 11) is 0. The van der Waals surface area contributed by atoms with Crippen LogP contribution in [0.15, 0.2) is 71.3 Å². The molecule has 6 rings (SSSR count). The molecular weight excluding hydrogens is 428 g/mol. The lowest BCUT2D eigenvalue weighted by Gasteiger charge is -2.32. The van der Waals surface area contributed by atoms with Gasteiger partial charge in [-0.15, -0.1) is 0 Å². The highest BCUT2D eigenvalue weighted by atomic mass is 16.3. The Morgan fingerprint density at radius 1 is 0.829 bits per heavy atom. The van der Waals surface area contributed by atoms with E-state index in [1.54, 1.807) is 0 Å². The van der Waals surface area contributed by atoms with Crippen LogP contribution in [-0.2, 0) is 5.41 Å². The van der Waals surface area contributed by atoms with Crippen molar-refractivity contribution < 1.29 is 4.42 Å². The van der Waals surface area contributed by atoms with Crippen molar-refractivity contribution in [1.82, 2.24) is 9.97 Å². The lowest BCUT2D eigenvalue weighted by Crippen LogP contribution is -2.26. The average Bonchev–Trinajstić information content (AvgIpc) is 3.53. The van der Waals surface area contributed by atoms with Crippen LogP contribution < -0.4 is 0 Å². The van der Waals surface area contributed by atoms with Crippen LogP contribution in [0.3, 0.4) is 0 Å². The molecule has 5 aromatic rings. The Bertz CT molecular complexity index is 1550. The minimum atomic E-state index is 0.159. The van der Waals surface area contributed by atoms with Crippen molar-refractivity contribution in [3.8, 4) is 22.5 Å². The fourth-order valence-electron chi connectivity index (χ4n) is 5.85. The molecule has 0 bridgehead atoms. The maximum atomic E-state index is 6.29. The van der Waals surface area contributed by atoms with Crippen LogP contribution in [-0.4, -0.2) is 9.97 Å². The molecule has 0 aliphatic heterocycles. The summed E-state index contributed by atoms with van der Waals surface area (Å²) in [6.07, 6.45) is 7.32. The van der Waals surface area contributed by atoms with E-state index in [0.29, 0.717) is 5.71 Å². The Labute approximate surface area is 207 Å². The van der Waals surface area contributed by atoms with Crippen LogP contribution in [0.4, 0.5) is 0 Å². The molecule has 176 valence electrons. The van der Waals surface area contributed by atoms with Crippen LogP contribution in [0, 0.1) is 19.8 Å². The monoisotopic (exact) mass is 460 g/mol. The van der Waals surface area contributed by atoms with Gasteiger partial charge in [-0.25, -0.2) is 4.98 Å². The topological polar surface area (TPSA) is 38.9 Å². The van der Waals surface area contributed by atoms with Crippen LogP contribution in [0.2, 0.25) is 0 Å². The Kier molecular flexibility index (Phi) is 5.25. The van der Waals surface area contributed by atoms with E-state index < -0.39 is 0 Å². The van der Waals surface area contributed by atoms with Gasteiger partial charge in [0.1, 0.15) is 5.58 Å². The lowest BCUT2D eigenvalue weighted by molar-refractivity contribution is 0.325. The van der Waals surface area contributed by atoms with Gasteiger partial charge in [0.2, 0.25) is 5.71 Å². The van der Waals surface area contributed by atoms with E-state index in [1.807, 2.05) is 6.20 Å². The van der Waals surface area contributed by atoms with E-state index in [9.17, 15) is 0 Å². The second kappa shape index (κ2) is 8.34. The third-order valence-corrected chi connectivity index (χ3v) is 8.18. The Morgan fingerprint density at radius 2 is 1.63 bits per heavy atom. The molecule has 2 aromatic carbocycles. The highest BCUT2D eigenvalue weighted by Crippen LogP contribution is 2.42. The van der Waals surface area contributed by atoms with Gasteiger partial charge in [0.15, 0.2) is 0 Å². The van der Waals surface area contributed by atoms with Gasteiger partial charge in [0, 0.05) is 28.1 Å². The maximum Gasteiger partial charge on any atom is 0.227 e. The first-order chi connectivity index (χ1) is 16.9. The highest BCUT2D eigenvalue weighted by Gasteiger charge is 2.33. The summed E-state index contributed by atoms with van der Waals surface area (Å²) in [6.45, 7) is 9.02. The summed E-state index contributed by atoms with van der Waals surface area (Å²) in [6, 6.07) is 21.6. The van der Waals surface area contributed by atoms with Crippen LogP contribution in [0.25, 0.3) is 44.6 Å². The zero-order valence-electron chi connectivity index (χ0n) is 21.1. The normalized spacial score (nSPS) is 14.9.